The van der Waals surface area contributed by atoms with Crippen LogP contribution >= 0.6 is 27.5 Å². The van der Waals surface area contributed by atoms with E-state index in [2.05, 4.69) is 32.2 Å². The Morgan fingerprint density at radius 1 is 1.73 bits per heavy atom. The standard InChI is InChI=1S/C10H8BrClN2O/c1-2-3-4-9(15)14-8-5-7(11)6-13-10(8)12/h1,5-6H,3-4H2,(H,14,15). The Bertz CT molecular complexity index is 414. The van der Waals surface area contributed by atoms with Crippen molar-refractivity contribution >= 4 is 39.1 Å². The number of carbonyl (C=O) groups excluding carboxylic acids is 1. The summed E-state index contributed by atoms with van der Waals surface area (Å²) in [6, 6.07) is 1.68. The van der Waals surface area contributed by atoms with Crippen molar-refractivity contribution in [1.29, 1.82) is 0 Å². The minimum Gasteiger partial charge on any atom is -0.323 e. The second-order valence-corrected chi connectivity index (χ2v) is 4.02. The van der Waals surface area contributed by atoms with Gasteiger partial charge in [-0.3, -0.25) is 4.79 Å². The quantitative estimate of drug-likeness (QED) is 0.686. The Balaban J connectivity index is 2.68. The summed E-state index contributed by atoms with van der Waals surface area (Å²) in [6.07, 6.45) is 7.29. The lowest BCUT2D eigenvalue weighted by atomic mass is 10.3. The van der Waals surface area contributed by atoms with Crippen LogP contribution in [0.15, 0.2) is 16.7 Å². The Labute approximate surface area is 101 Å². The fourth-order valence-electron chi connectivity index (χ4n) is 0.909. The average Bonchev–Trinajstić information content (AvgIpc) is 2.20. The molecule has 0 saturated heterocycles. The lowest BCUT2D eigenvalue weighted by Crippen LogP contribution is -2.11. The van der Waals surface area contributed by atoms with E-state index >= 15 is 0 Å². The lowest BCUT2D eigenvalue weighted by molar-refractivity contribution is -0.116. The number of carbonyl (C=O) groups is 1. The van der Waals surface area contributed by atoms with Gasteiger partial charge in [0.2, 0.25) is 5.91 Å². The van der Waals surface area contributed by atoms with Gasteiger partial charge in [0, 0.05) is 23.5 Å². The van der Waals surface area contributed by atoms with Crippen molar-refractivity contribution in [2.45, 2.75) is 12.8 Å². The number of nitrogens with one attached hydrogen (secondary N) is 1. The van der Waals surface area contributed by atoms with Crippen molar-refractivity contribution in [3.8, 4) is 12.3 Å². The molecule has 0 aromatic carbocycles. The second kappa shape index (κ2) is 5.74. The summed E-state index contributed by atoms with van der Waals surface area (Å²) < 4.78 is 0.749. The smallest absolute Gasteiger partial charge is 0.225 e. The number of anilines is 1. The monoisotopic (exact) mass is 286 g/mol. The zero-order chi connectivity index (χ0) is 11.3. The lowest BCUT2D eigenvalue weighted by Gasteiger charge is -2.05. The highest BCUT2D eigenvalue weighted by atomic mass is 79.9. The topological polar surface area (TPSA) is 42.0 Å². The van der Waals surface area contributed by atoms with Gasteiger partial charge in [-0.2, -0.15) is 0 Å². The third kappa shape index (κ3) is 3.90. The molecule has 0 radical (unpaired) electrons. The summed E-state index contributed by atoms with van der Waals surface area (Å²) in [5.74, 6) is 2.22. The molecule has 0 atom stereocenters. The Morgan fingerprint density at radius 3 is 3.13 bits per heavy atom. The highest BCUT2D eigenvalue weighted by Gasteiger charge is 2.06. The van der Waals surface area contributed by atoms with Crippen molar-refractivity contribution in [1.82, 2.24) is 4.98 Å². The zero-order valence-electron chi connectivity index (χ0n) is 7.76. The van der Waals surface area contributed by atoms with Crippen LogP contribution in [0.4, 0.5) is 5.69 Å². The van der Waals surface area contributed by atoms with Gasteiger partial charge in [0.05, 0.1) is 5.69 Å². The van der Waals surface area contributed by atoms with Gasteiger partial charge in [-0.05, 0) is 22.0 Å². The first-order valence-electron chi connectivity index (χ1n) is 4.18. The molecule has 1 aromatic rings. The van der Waals surface area contributed by atoms with Crippen LogP contribution in [0.5, 0.6) is 0 Å². The normalized spacial score (nSPS) is 9.40. The number of amides is 1. The van der Waals surface area contributed by atoms with E-state index in [9.17, 15) is 4.79 Å². The van der Waals surface area contributed by atoms with E-state index in [1.807, 2.05) is 0 Å². The molecule has 3 nitrogen and oxygen atoms in total. The summed E-state index contributed by atoms with van der Waals surface area (Å²) in [4.78, 5) is 15.2. The minimum absolute atomic E-state index is 0.172. The molecule has 1 rings (SSSR count). The number of hydrogen-bond acceptors (Lipinski definition) is 2. The van der Waals surface area contributed by atoms with Gasteiger partial charge in [-0.25, -0.2) is 4.98 Å². The predicted molar refractivity (Wildman–Crippen MR) is 63.6 cm³/mol. The molecule has 1 amide bonds. The minimum atomic E-state index is -0.172. The van der Waals surface area contributed by atoms with Crippen molar-refractivity contribution < 1.29 is 4.79 Å². The van der Waals surface area contributed by atoms with Crippen LogP contribution in [0.1, 0.15) is 12.8 Å². The number of rotatable bonds is 3. The van der Waals surface area contributed by atoms with Gasteiger partial charge in [-0.15, -0.1) is 12.3 Å². The zero-order valence-corrected chi connectivity index (χ0v) is 10.1. The number of hydrogen-bond donors (Lipinski definition) is 1. The molecule has 15 heavy (non-hydrogen) atoms. The predicted octanol–water partition coefficient (Wildman–Crippen LogP) is 2.85. The van der Waals surface area contributed by atoms with Gasteiger partial charge >= 0.3 is 0 Å². The maximum Gasteiger partial charge on any atom is 0.225 e. The molecule has 0 bridgehead atoms. The van der Waals surface area contributed by atoms with Gasteiger partial charge in [0.25, 0.3) is 0 Å². The molecule has 0 aliphatic heterocycles. The Hall–Kier alpha value is -1.05. The molecule has 1 aromatic heterocycles. The number of aromatic nitrogens is 1. The van der Waals surface area contributed by atoms with Crippen LogP contribution in [0.2, 0.25) is 5.15 Å². The number of halogens is 2. The van der Waals surface area contributed by atoms with Crippen LogP contribution in [-0.4, -0.2) is 10.9 Å². The largest absolute Gasteiger partial charge is 0.323 e. The van der Waals surface area contributed by atoms with E-state index in [4.69, 9.17) is 18.0 Å². The van der Waals surface area contributed by atoms with Crippen molar-refractivity contribution in [3.63, 3.8) is 0 Å². The first-order valence-corrected chi connectivity index (χ1v) is 5.35. The number of terminal acetylenes is 1. The van der Waals surface area contributed by atoms with Gasteiger partial charge in [0.1, 0.15) is 0 Å². The molecule has 1 N–H and O–H groups in total. The highest BCUT2D eigenvalue weighted by molar-refractivity contribution is 9.10. The molecule has 0 aliphatic carbocycles. The van der Waals surface area contributed by atoms with E-state index in [-0.39, 0.29) is 17.5 Å². The fraction of sp³-hybridized carbons (Fsp3) is 0.200. The first-order chi connectivity index (χ1) is 7.13. The maximum absolute atomic E-state index is 11.3. The molecule has 0 fully saturated rings. The SMILES string of the molecule is C#CCCC(=O)Nc1cc(Br)cnc1Cl. The van der Waals surface area contributed by atoms with E-state index < -0.39 is 0 Å². The third-order valence-electron chi connectivity index (χ3n) is 1.58. The summed E-state index contributed by atoms with van der Waals surface area (Å²) >= 11 is 9.02. The molecule has 5 heteroatoms. The summed E-state index contributed by atoms with van der Waals surface area (Å²) in [5, 5.41) is 2.88. The highest BCUT2D eigenvalue weighted by Crippen LogP contribution is 2.22. The number of nitrogens with zero attached hydrogens (tertiary/aromatic N) is 1. The van der Waals surface area contributed by atoms with Gasteiger partial charge in [-0.1, -0.05) is 11.6 Å². The van der Waals surface area contributed by atoms with Crippen LogP contribution in [-0.2, 0) is 4.79 Å². The summed E-state index contributed by atoms with van der Waals surface area (Å²) in [7, 11) is 0. The fourth-order valence-corrected chi connectivity index (χ4v) is 1.39. The first kappa shape index (κ1) is 12.0. The second-order valence-electron chi connectivity index (χ2n) is 2.74. The Morgan fingerprint density at radius 2 is 2.47 bits per heavy atom. The van der Waals surface area contributed by atoms with E-state index in [0.29, 0.717) is 12.1 Å². The van der Waals surface area contributed by atoms with Crippen LogP contribution in [0, 0.1) is 12.3 Å². The van der Waals surface area contributed by atoms with E-state index in [1.165, 1.54) is 0 Å². The van der Waals surface area contributed by atoms with E-state index in [0.717, 1.165) is 4.47 Å². The molecule has 0 aliphatic rings. The van der Waals surface area contributed by atoms with Crippen LogP contribution in [0.3, 0.4) is 0 Å². The maximum atomic E-state index is 11.3. The number of pyridine rings is 1. The van der Waals surface area contributed by atoms with Crippen LogP contribution < -0.4 is 5.32 Å². The molecular weight excluding hydrogens is 279 g/mol. The van der Waals surface area contributed by atoms with Gasteiger partial charge in [0.15, 0.2) is 5.15 Å². The molecule has 0 spiro atoms. The third-order valence-corrected chi connectivity index (χ3v) is 2.31. The molecule has 0 saturated carbocycles. The van der Waals surface area contributed by atoms with Crippen molar-refractivity contribution in [3.05, 3.63) is 21.9 Å². The van der Waals surface area contributed by atoms with Crippen molar-refractivity contribution in [2.24, 2.45) is 0 Å². The van der Waals surface area contributed by atoms with Gasteiger partial charge < -0.3 is 5.32 Å². The molecule has 1 heterocycles. The average molecular weight is 288 g/mol. The summed E-state index contributed by atoms with van der Waals surface area (Å²) in [6.45, 7) is 0. The van der Waals surface area contributed by atoms with Crippen molar-refractivity contribution in [2.75, 3.05) is 5.32 Å². The summed E-state index contributed by atoms with van der Waals surface area (Å²) in [5.41, 5.74) is 0.480. The molecule has 0 unspecified atom stereocenters. The Kier molecular flexibility index (Phi) is 4.60. The van der Waals surface area contributed by atoms with Crippen LogP contribution in [0.25, 0.3) is 0 Å². The molecule has 78 valence electrons. The van der Waals surface area contributed by atoms with E-state index in [1.54, 1.807) is 12.3 Å². The molecular formula is C10H8BrClN2O.